The van der Waals surface area contributed by atoms with Crippen LogP contribution in [0, 0.1) is 5.92 Å². The topological polar surface area (TPSA) is 122 Å². The Morgan fingerprint density at radius 1 is 1.12 bits per heavy atom. The summed E-state index contributed by atoms with van der Waals surface area (Å²) >= 11 is 0.962. The van der Waals surface area contributed by atoms with Gasteiger partial charge >= 0.3 is 6.03 Å². The number of likely N-dealkylation sites (tertiary alicyclic amines) is 1. The number of anilines is 1. The van der Waals surface area contributed by atoms with Crippen molar-refractivity contribution in [1.82, 2.24) is 29.4 Å². The van der Waals surface area contributed by atoms with Gasteiger partial charge in [0, 0.05) is 55.0 Å². The summed E-state index contributed by atoms with van der Waals surface area (Å²) in [5.41, 5.74) is 1.77. The van der Waals surface area contributed by atoms with Crippen molar-refractivity contribution < 1.29 is 9.59 Å². The molecule has 0 unspecified atom stereocenters. The van der Waals surface area contributed by atoms with Crippen molar-refractivity contribution in [2.45, 2.75) is 25.4 Å². The van der Waals surface area contributed by atoms with E-state index in [2.05, 4.69) is 25.2 Å². The molecule has 3 aromatic rings. The largest absolute Gasteiger partial charge is 0.345 e. The highest BCUT2D eigenvalue weighted by Gasteiger charge is 2.36. The van der Waals surface area contributed by atoms with Gasteiger partial charge in [-0.2, -0.15) is 0 Å². The molecule has 0 aliphatic carbocycles. The molecule has 32 heavy (non-hydrogen) atoms. The van der Waals surface area contributed by atoms with E-state index in [4.69, 9.17) is 0 Å². The van der Waals surface area contributed by atoms with Crippen LogP contribution in [0.2, 0.25) is 0 Å². The third kappa shape index (κ3) is 3.98. The molecular formula is C21H21N7O3S. The maximum absolute atomic E-state index is 13.0. The Labute approximate surface area is 187 Å². The van der Waals surface area contributed by atoms with Gasteiger partial charge in [-0.05, 0) is 30.5 Å². The third-order valence-corrected chi connectivity index (χ3v) is 6.49. The fourth-order valence-electron chi connectivity index (χ4n) is 4.42. The number of amides is 3. The summed E-state index contributed by atoms with van der Waals surface area (Å²) in [5, 5.41) is 9.74. The van der Waals surface area contributed by atoms with Crippen LogP contribution in [0.4, 0.5) is 9.80 Å². The first-order valence-corrected chi connectivity index (χ1v) is 11.1. The van der Waals surface area contributed by atoms with Gasteiger partial charge in [-0.15, -0.1) is 5.10 Å². The maximum Gasteiger partial charge on any atom is 0.322 e. The Morgan fingerprint density at radius 3 is 2.88 bits per heavy atom. The number of nitrogens with one attached hydrogen (secondary N) is 2. The summed E-state index contributed by atoms with van der Waals surface area (Å²) in [4.78, 5) is 43.6. The first kappa shape index (κ1) is 20.3. The quantitative estimate of drug-likeness (QED) is 0.622. The third-order valence-electron chi connectivity index (χ3n) is 5.85. The summed E-state index contributed by atoms with van der Waals surface area (Å²) in [7, 11) is 0. The van der Waals surface area contributed by atoms with Crippen molar-refractivity contribution >= 4 is 28.5 Å². The Bertz CT molecular complexity index is 1210. The summed E-state index contributed by atoms with van der Waals surface area (Å²) in [6, 6.07) is 10.5. The van der Waals surface area contributed by atoms with Gasteiger partial charge in [0.1, 0.15) is 0 Å². The van der Waals surface area contributed by atoms with E-state index in [9.17, 15) is 14.4 Å². The van der Waals surface area contributed by atoms with E-state index in [1.165, 1.54) is 0 Å². The van der Waals surface area contributed by atoms with Crippen molar-refractivity contribution in [2.75, 3.05) is 18.4 Å². The van der Waals surface area contributed by atoms with Crippen molar-refractivity contribution in [3.8, 4) is 0 Å². The average Bonchev–Trinajstić information content (AvgIpc) is 3.27. The summed E-state index contributed by atoms with van der Waals surface area (Å²) < 4.78 is 5.66. The van der Waals surface area contributed by atoms with Gasteiger partial charge in [0.2, 0.25) is 0 Å². The lowest BCUT2D eigenvalue weighted by Crippen LogP contribution is -2.50. The zero-order valence-electron chi connectivity index (χ0n) is 17.1. The number of hydrogen-bond acceptors (Lipinski definition) is 7. The molecule has 2 bridgehead atoms. The normalized spacial score (nSPS) is 19.2. The predicted octanol–water partition coefficient (Wildman–Crippen LogP) is 1.68. The van der Waals surface area contributed by atoms with E-state index >= 15 is 0 Å². The molecule has 0 radical (unpaired) electrons. The predicted molar refractivity (Wildman–Crippen MR) is 117 cm³/mol. The molecule has 5 heterocycles. The van der Waals surface area contributed by atoms with Gasteiger partial charge in [0.25, 0.3) is 11.5 Å². The van der Waals surface area contributed by atoms with Crippen molar-refractivity contribution in [3.05, 3.63) is 70.0 Å². The monoisotopic (exact) mass is 451 g/mol. The second kappa shape index (κ2) is 8.50. The van der Waals surface area contributed by atoms with Gasteiger partial charge in [0.15, 0.2) is 10.7 Å². The van der Waals surface area contributed by atoms with Crippen molar-refractivity contribution in [1.29, 1.82) is 0 Å². The highest BCUT2D eigenvalue weighted by molar-refractivity contribution is 7.10. The van der Waals surface area contributed by atoms with Gasteiger partial charge < -0.3 is 14.8 Å². The van der Waals surface area contributed by atoms with E-state index in [0.717, 1.165) is 23.6 Å². The Morgan fingerprint density at radius 2 is 2.03 bits per heavy atom. The zero-order valence-corrected chi connectivity index (χ0v) is 17.9. The molecule has 3 aromatic heterocycles. The summed E-state index contributed by atoms with van der Waals surface area (Å²) in [6.07, 6.45) is 2.61. The summed E-state index contributed by atoms with van der Waals surface area (Å²) in [5.74, 6) is -0.0979. The van der Waals surface area contributed by atoms with Crippen LogP contribution in [0.15, 0.2) is 47.4 Å². The molecule has 2 aliphatic heterocycles. The fourth-order valence-corrected chi connectivity index (χ4v) is 4.97. The van der Waals surface area contributed by atoms with Crippen LogP contribution in [-0.2, 0) is 13.1 Å². The number of piperidine rings is 1. The molecule has 164 valence electrons. The molecule has 1 saturated heterocycles. The molecule has 5 rings (SSSR count). The SMILES string of the molecule is O=C(NCc1ccccn1)c1nnsc1NC(=O)N1C[C@@H]2C[C@H](C1)c1cccc(=O)n1C2. The fraction of sp³-hybridized carbons (Fsp3) is 0.333. The van der Waals surface area contributed by atoms with E-state index in [-0.39, 0.29) is 35.7 Å². The van der Waals surface area contributed by atoms with Crippen molar-refractivity contribution in [3.63, 3.8) is 0 Å². The molecule has 0 aromatic carbocycles. The molecule has 2 aliphatic rings. The van der Waals surface area contributed by atoms with Crippen LogP contribution < -0.4 is 16.2 Å². The second-order valence-corrected chi connectivity index (χ2v) is 8.74. The minimum atomic E-state index is -0.427. The van der Waals surface area contributed by atoms with Crippen LogP contribution in [0.1, 0.15) is 34.2 Å². The molecule has 0 spiro atoms. The van der Waals surface area contributed by atoms with Crippen LogP contribution in [0.25, 0.3) is 0 Å². The van der Waals surface area contributed by atoms with Gasteiger partial charge in [-0.3, -0.25) is 19.9 Å². The van der Waals surface area contributed by atoms with Crippen LogP contribution in [0.3, 0.4) is 0 Å². The molecular weight excluding hydrogens is 430 g/mol. The number of fused-ring (bicyclic) bond motifs is 4. The van der Waals surface area contributed by atoms with Gasteiger partial charge in [-0.1, -0.05) is 16.6 Å². The molecule has 3 amide bonds. The number of aromatic nitrogens is 4. The Balaban J connectivity index is 1.25. The molecule has 10 nitrogen and oxygen atoms in total. The zero-order chi connectivity index (χ0) is 22.1. The lowest BCUT2D eigenvalue weighted by Gasteiger charge is -2.42. The van der Waals surface area contributed by atoms with E-state index in [1.54, 1.807) is 29.3 Å². The molecule has 2 N–H and O–H groups in total. The smallest absolute Gasteiger partial charge is 0.322 e. The average molecular weight is 452 g/mol. The number of carbonyl (C=O) groups excluding carboxylic acids is 2. The Kier molecular flexibility index (Phi) is 5.39. The van der Waals surface area contributed by atoms with Crippen LogP contribution in [0.5, 0.6) is 0 Å². The molecule has 2 atom stereocenters. The number of pyridine rings is 2. The number of urea groups is 1. The lowest BCUT2D eigenvalue weighted by atomic mass is 9.83. The van der Waals surface area contributed by atoms with Crippen LogP contribution >= 0.6 is 11.5 Å². The standard InChI is InChI=1S/C21H21N7O3S/c29-17-6-3-5-16-14-8-13(11-28(16)17)10-27(12-14)21(31)24-20-18(25-26-32-20)19(30)23-9-15-4-1-2-7-22-15/h1-7,13-14H,8-12H2,(H,23,30)(H,24,31)/t13-,14+/m0/s1. The maximum atomic E-state index is 13.0. The molecule has 0 saturated carbocycles. The molecule has 1 fully saturated rings. The molecule has 11 heteroatoms. The van der Waals surface area contributed by atoms with Gasteiger partial charge in [-0.25, -0.2) is 4.79 Å². The summed E-state index contributed by atoms with van der Waals surface area (Å²) in [6.45, 7) is 1.92. The Hall–Kier alpha value is -3.60. The van der Waals surface area contributed by atoms with Crippen LogP contribution in [-0.4, -0.2) is 49.1 Å². The highest BCUT2D eigenvalue weighted by atomic mass is 32.1. The lowest BCUT2D eigenvalue weighted by molar-refractivity contribution is 0.0946. The van der Waals surface area contributed by atoms with E-state index in [0.29, 0.717) is 30.3 Å². The first-order chi connectivity index (χ1) is 15.6. The van der Waals surface area contributed by atoms with Crippen molar-refractivity contribution in [2.24, 2.45) is 5.92 Å². The number of nitrogens with zero attached hydrogens (tertiary/aromatic N) is 5. The number of carbonyl (C=O) groups is 2. The van der Waals surface area contributed by atoms with E-state index < -0.39 is 5.91 Å². The number of hydrogen-bond donors (Lipinski definition) is 2. The minimum absolute atomic E-state index is 0.00666. The highest BCUT2D eigenvalue weighted by Crippen LogP contribution is 2.35. The first-order valence-electron chi connectivity index (χ1n) is 10.3. The van der Waals surface area contributed by atoms with Gasteiger partial charge in [0.05, 0.1) is 12.2 Å². The minimum Gasteiger partial charge on any atom is -0.345 e. The number of rotatable bonds is 4. The second-order valence-electron chi connectivity index (χ2n) is 7.99. The van der Waals surface area contributed by atoms with E-state index in [1.807, 2.05) is 22.8 Å².